The highest BCUT2D eigenvalue weighted by Gasteiger charge is 2.19. The number of ether oxygens (including phenoxy) is 3. The third kappa shape index (κ3) is 4.72. The highest BCUT2D eigenvalue weighted by Crippen LogP contribution is 2.36. The van der Waals surface area contributed by atoms with Crippen LogP contribution in [0.5, 0.6) is 17.2 Å². The summed E-state index contributed by atoms with van der Waals surface area (Å²) in [5, 5.41) is 3.05. The second-order valence-corrected chi connectivity index (χ2v) is 8.29. The topological polar surface area (TPSA) is 56.8 Å². The third-order valence-electron chi connectivity index (χ3n) is 6.08. The number of hydrogen-bond donors (Lipinski definition) is 1. The highest BCUT2D eigenvalue weighted by atomic mass is 16.7. The lowest BCUT2D eigenvalue weighted by Gasteiger charge is -2.15. The van der Waals surface area contributed by atoms with Gasteiger partial charge in [-0.2, -0.15) is 0 Å². The van der Waals surface area contributed by atoms with Crippen LogP contribution in [0.1, 0.15) is 34.2 Å². The lowest BCUT2D eigenvalue weighted by atomic mass is 9.95. The van der Waals surface area contributed by atoms with Crippen molar-refractivity contribution in [3.8, 4) is 17.2 Å². The molecule has 3 aromatic rings. The fourth-order valence-corrected chi connectivity index (χ4v) is 4.30. The fraction of sp³-hybridized carbons (Fsp3) is 0.296. The molecule has 0 aromatic heterocycles. The summed E-state index contributed by atoms with van der Waals surface area (Å²) in [6.07, 6.45) is 3.66. The minimum absolute atomic E-state index is 0.0795. The summed E-state index contributed by atoms with van der Waals surface area (Å²) in [7, 11) is 0. The number of carbonyl (C=O) groups excluding carboxylic acids is 1. The number of fused-ring (bicyclic) bond motifs is 4. The first-order chi connectivity index (χ1) is 15.7. The van der Waals surface area contributed by atoms with Crippen LogP contribution in [0.2, 0.25) is 0 Å². The van der Waals surface area contributed by atoms with Gasteiger partial charge in [0.25, 0.3) is 0 Å². The Hall–Kier alpha value is -3.47. The molecule has 5 rings (SSSR count). The van der Waals surface area contributed by atoms with E-state index in [0.29, 0.717) is 26.0 Å². The molecular formula is C27H27NO4. The zero-order valence-corrected chi connectivity index (χ0v) is 18.1. The first-order valence-corrected chi connectivity index (χ1v) is 11.2. The van der Waals surface area contributed by atoms with Gasteiger partial charge in [-0.25, -0.2) is 0 Å². The van der Waals surface area contributed by atoms with E-state index in [2.05, 4.69) is 41.7 Å². The number of hydrogen-bond acceptors (Lipinski definition) is 4. The highest BCUT2D eigenvalue weighted by molar-refractivity contribution is 5.76. The van der Waals surface area contributed by atoms with Crippen molar-refractivity contribution >= 4 is 5.91 Å². The van der Waals surface area contributed by atoms with Crippen LogP contribution >= 0.6 is 0 Å². The van der Waals surface area contributed by atoms with E-state index in [0.717, 1.165) is 47.6 Å². The number of benzene rings is 3. The molecule has 164 valence electrons. The van der Waals surface area contributed by atoms with Gasteiger partial charge in [0.2, 0.25) is 12.7 Å². The van der Waals surface area contributed by atoms with E-state index in [1.165, 1.54) is 16.7 Å². The monoisotopic (exact) mass is 429 g/mol. The van der Waals surface area contributed by atoms with E-state index in [-0.39, 0.29) is 12.7 Å². The first-order valence-electron chi connectivity index (χ1n) is 11.2. The van der Waals surface area contributed by atoms with Crippen LogP contribution in [0.25, 0.3) is 0 Å². The summed E-state index contributed by atoms with van der Waals surface area (Å²) in [5.41, 5.74) is 5.88. The Balaban J connectivity index is 1.43. The van der Waals surface area contributed by atoms with Gasteiger partial charge in [-0.05, 0) is 71.7 Å². The van der Waals surface area contributed by atoms with Gasteiger partial charge in [-0.15, -0.1) is 0 Å². The van der Waals surface area contributed by atoms with Crippen molar-refractivity contribution in [1.82, 2.24) is 5.32 Å². The number of amides is 1. The normalized spacial score (nSPS) is 15.6. The smallest absolute Gasteiger partial charge is 0.231 e. The van der Waals surface area contributed by atoms with Crippen molar-refractivity contribution in [3.63, 3.8) is 0 Å². The van der Waals surface area contributed by atoms with Gasteiger partial charge < -0.3 is 19.5 Å². The van der Waals surface area contributed by atoms with Crippen LogP contribution in [-0.2, 0) is 37.1 Å². The standard InChI is InChI=1S/C27H27NO4/c29-27-11-9-22-16-26-25(31-18-32-26)15-21(22)7-8-23-14-19(12-13-28-27)6-10-24(23)30-17-20-4-2-1-3-5-20/h1-6,10,14-16H,7-9,11-13,17-18H2,(H,28,29). The van der Waals surface area contributed by atoms with Crippen LogP contribution in [0, 0.1) is 0 Å². The van der Waals surface area contributed by atoms with Gasteiger partial charge in [0.15, 0.2) is 11.5 Å². The molecule has 5 heteroatoms. The van der Waals surface area contributed by atoms with Crippen molar-refractivity contribution in [1.29, 1.82) is 0 Å². The molecule has 1 amide bonds. The predicted octanol–water partition coefficient (Wildman–Crippen LogP) is 4.38. The molecule has 2 aliphatic heterocycles. The minimum Gasteiger partial charge on any atom is -0.489 e. The molecule has 0 saturated heterocycles. The molecule has 5 nitrogen and oxygen atoms in total. The Morgan fingerprint density at radius 2 is 1.50 bits per heavy atom. The van der Waals surface area contributed by atoms with Crippen LogP contribution in [-0.4, -0.2) is 19.2 Å². The van der Waals surface area contributed by atoms with E-state index in [9.17, 15) is 4.79 Å². The summed E-state index contributed by atoms with van der Waals surface area (Å²) < 4.78 is 17.4. The average molecular weight is 430 g/mol. The van der Waals surface area contributed by atoms with Crippen molar-refractivity contribution in [2.75, 3.05) is 13.3 Å². The van der Waals surface area contributed by atoms with E-state index >= 15 is 0 Å². The van der Waals surface area contributed by atoms with Crippen LogP contribution in [0.3, 0.4) is 0 Å². The molecule has 0 atom stereocenters. The Morgan fingerprint density at radius 1 is 0.781 bits per heavy atom. The van der Waals surface area contributed by atoms with E-state index < -0.39 is 0 Å². The average Bonchev–Trinajstić information content (AvgIpc) is 3.28. The summed E-state index contributed by atoms with van der Waals surface area (Å²) in [5.74, 6) is 2.55. The summed E-state index contributed by atoms with van der Waals surface area (Å²) in [4.78, 5) is 12.3. The number of rotatable bonds is 3. The van der Waals surface area contributed by atoms with Crippen molar-refractivity contribution in [3.05, 3.63) is 88.5 Å². The van der Waals surface area contributed by atoms with Gasteiger partial charge in [0.05, 0.1) is 0 Å². The minimum atomic E-state index is 0.0795. The molecule has 0 fully saturated rings. The molecule has 3 aromatic carbocycles. The van der Waals surface area contributed by atoms with Crippen LogP contribution in [0.15, 0.2) is 60.7 Å². The van der Waals surface area contributed by atoms with Crippen molar-refractivity contribution < 1.29 is 19.0 Å². The van der Waals surface area contributed by atoms with Gasteiger partial charge in [0.1, 0.15) is 12.4 Å². The SMILES string of the molecule is O=C1CCc2cc3c(cc2CCc2cc(ccc2OCc2ccccc2)CCN1)OCO3. The van der Waals surface area contributed by atoms with Crippen LogP contribution in [0.4, 0.5) is 0 Å². The summed E-state index contributed by atoms with van der Waals surface area (Å²) >= 11 is 0. The lowest BCUT2D eigenvalue weighted by molar-refractivity contribution is -0.121. The Kier molecular flexibility index (Phi) is 5.97. The third-order valence-corrected chi connectivity index (χ3v) is 6.08. The number of nitrogens with one attached hydrogen (secondary N) is 1. The van der Waals surface area contributed by atoms with Crippen molar-refractivity contribution in [2.45, 2.75) is 38.7 Å². The predicted molar refractivity (Wildman–Crippen MR) is 122 cm³/mol. The summed E-state index contributed by atoms with van der Waals surface area (Å²) in [6, 6.07) is 20.7. The second-order valence-electron chi connectivity index (χ2n) is 8.29. The molecular weight excluding hydrogens is 402 g/mol. The van der Waals surface area contributed by atoms with Gasteiger partial charge in [-0.1, -0.05) is 42.5 Å². The molecule has 1 N–H and O–H groups in total. The molecule has 0 aliphatic carbocycles. The van der Waals surface area contributed by atoms with Crippen LogP contribution < -0.4 is 19.5 Å². The molecule has 32 heavy (non-hydrogen) atoms. The Labute approximate surface area is 188 Å². The molecule has 0 spiro atoms. The molecule has 0 unspecified atom stereocenters. The molecule has 2 aliphatic rings. The quantitative estimate of drug-likeness (QED) is 0.671. The zero-order valence-electron chi connectivity index (χ0n) is 18.1. The Morgan fingerprint density at radius 3 is 2.28 bits per heavy atom. The molecule has 0 radical (unpaired) electrons. The van der Waals surface area contributed by atoms with E-state index in [4.69, 9.17) is 14.2 Å². The van der Waals surface area contributed by atoms with E-state index in [1.807, 2.05) is 24.3 Å². The lowest BCUT2D eigenvalue weighted by Crippen LogP contribution is -2.25. The van der Waals surface area contributed by atoms with Gasteiger partial charge in [0, 0.05) is 13.0 Å². The summed E-state index contributed by atoms with van der Waals surface area (Å²) in [6.45, 7) is 1.42. The maximum Gasteiger partial charge on any atom is 0.231 e. The molecule has 2 heterocycles. The number of carbonyl (C=O) groups is 1. The first kappa shape index (κ1) is 20.4. The van der Waals surface area contributed by atoms with E-state index in [1.54, 1.807) is 0 Å². The van der Waals surface area contributed by atoms with Gasteiger partial charge >= 0.3 is 0 Å². The molecule has 2 bridgehead atoms. The van der Waals surface area contributed by atoms with Gasteiger partial charge in [-0.3, -0.25) is 4.79 Å². The number of aryl methyl sites for hydroxylation is 3. The molecule has 0 saturated carbocycles. The maximum absolute atomic E-state index is 12.3. The zero-order chi connectivity index (χ0) is 21.8. The second kappa shape index (κ2) is 9.35. The maximum atomic E-state index is 12.3. The van der Waals surface area contributed by atoms with Crippen molar-refractivity contribution in [2.24, 2.45) is 0 Å². The fourth-order valence-electron chi connectivity index (χ4n) is 4.30. The largest absolute Gasteiger partial charge is 0.489 e. The Bertz CT molecular complexity index is 1110.